The van der Waals surface area contributed by atoms with Crippen molar-refractivity contribution in [1.29, 1.82) is 0 Å². The van der Waals surface area contributed by atoms with Gasteiger partial charge in [-0.3, -0.25) is 0 Å². The van der Waals surface area contributed by atoms with Gasteiger partial charge < -0.3 is 4.84 Å². The smallest absolute Gasteiger partial charge is 0.391 e. The van der Waals surface area contributed by atoms with E-state index in [-0.39, 0.29) is 11.5 Å². The fourth-order valence-corrected chi connectivity index (χ4v) is 4.03. The zero-order chi connectivity index (χ0) is 32.8. The molecule has 0 aliphatic heterocycles. The molecule has 0 atom stereocenters. The Morgan fingerprint density at radius 3 is 2.65 bits per heavy atom. The van der Waals surface area contributed by atoms with Crippen LogP contribution in [0, 0.1) is 0 Å². The van der Waals surface area contributed by atoms with Crippen molar-refractivity contribution in [2.75, 3.05) is 0 Å². The topological polar surface area (TPSA) is 21.6 Å². The van der Waals surface area contributed by atoms with E-state index >= 15 is 0 Å². The maximum absolute atomic E-state index is 14.0. The summed E-state index contributed by atoms with van der Waals surface area (Å²) in [7, 11) is 0. The van der Waals surface area contributed by atoms with E-state index in [1.54, 1.807) is 0 Å². The summed E-state index contributed by atoms with van der Waals surface area (Å²) < 4.78 is 137. The second-order valence-corrected chi connectivity index (χ2v) is 7.64. The van der Waals surface area contributed by atoms with Gasteiger partial charge in [-0.1, -0.05) is 71.5 Å². The van der Waals surface area contributed by atoms with Gasteiger partial charge in [-0.25, -0.2) is 0 Å². The van der Waals surface area contributed by atoms with Crippen molar-refractivity contribution in [1.82, 2.24) is 0 Å². The molecule has 0 N–H and O–H groups in total. The first-order valence-electron chi connectivity index (χ1n) is 15.7. The third-order valence-corrected chi connectivity index (χ3v) is 5.66. The van der Waals surface area contributed by atoms with E-state index in [1.165, 1.54) is 6.07 Å². The van der Waals surface area contributed by atoms with Gasteiger partial charge in [0.1, 0.15) is 6.56 Å². The van der Waals surface area contributed by atoms with Gasteiger partial charge in [0, 0.05) is 19.0 Å². The Balaban J connectivity index is 2.10. The van der Waals surface area contributed by atoms with Crippen LogP contribution >= 0.6 is 15.9 Å². The predicted molar refractivity (Wildman–Crippen MR) is 123 cm³/mol. The molecule has 0 unspecified atom stereocenters. The summed E-state index contributed by atoms with van der Waals surface area (Å²) in [6.07, 6.45) is -4.36. The van der Waals surface area contributed by atoms with Gasteiger partial charge in [-0.05, 0) is 71.9 Å². The number of benzene rings is 2. The van der Waals surface area contributed by atoms with Crippen molar-refractivity contribution in [3.63, 3.8) is 0 Å². The molecule has 3 rings (SSSR count). The summed E-state index contributed by atoms with van der Waals surface area (Å²) in [4.78, 5) is 4.91. The Labute approximate surface area is 207 Å². The van der Waals surface area contributed by atoms with Crippen molar-refractivity contribution in [3.05, 3.63) is 69.8 Å². The Morgan fingerprint density at radius 2 is 1.97 bits per heavy atom. The lowest BCUT2D eigenvalue weighted by Crippen LogP contribution is -2.15. The highest BCUT2D eigenvalue weighted by Gasteiger charge is 2.35. The van der Waals surface area contributed by atoms with Crippen LogP contribution in [0.4, 0.5) is 13.2 Å². The summed E-state index contributed by atoms with van der Waals surface area (Å²) in [5, 5.41) is 0.998. The van der Waals surface area contributed by atoms with Gasteiger partial charge >= 0.3 is 6.18 Å². The van der Waals surface area contributed by atoms with Crippen molar-refractivity contribution >= 4 is 21.6 Å². The van der Waals surface area contributed by atoms with E-state index < -0.39 is 71.6 Å². The molecule has 31 heavy (non-hydrogen) atoms. The van der Waals surface area contributed by atoms with Crippen LogP contribution in [-0.4, -0.2) is 5.71 Å². The highest BCUT2D eigenvalue weighted by atomic mass is 79.9. The first-order valence-corrected chi connectivity index (χ1v) is 10.5. The lowest BCUT2D eigenvalue weighted by molar-refractivity contribution is -0.138. The summed E-state index contributed by atoms with van der Waals surface area (Å²) in [6.45, 7) is -9.51. The fraction of sp³-hybridized carbons (Fsp3) is 0.480. The molecule has 1 aliphatic rings. The molecular weight excluding hydrogens is 467 g/mol. The Morgan fingerprint density at radius 1 is 1.16 bits per heavy atom. The minimum atomic E-state index is -4.80. The maximum atomic E-state index is 14.0. The lowest BCUT2D eigenvalue weighted by atomic mass is 9.81. The molecule has 0 saturated heterocycles. The Hall–Kier alpha value is -1.82. The molecule has 1 fully saturated rings. The van der Waals surface area contributed by atoms with Gasteiger partial charge in [0.2, 0.25) is 0 Å². The third kappa shape index (κ3) is 6.12. The van der Waals surface area contributed by atoms with Gasteiger partial charge in [-0.15, -0.1) is 0 Å². The zero-order valence-electron chi connectivity index (χ0n) is 28.4. The predicted octanol–water partition coefficient (Wildman–Crippen LogP) is 8.15. The SMILES string of the molecule is [2H]C([2H])([2H])/C(=N\OC([2H])([2H])c1ccc(C2CCCCC2)c(C(F)(F)F)c1)c1ccc(C([2H])([2H])Br)c(C([2H])([2H])C([2H])([2H])[2H])c1. The van der Waals surface area contributed by atoms with Crippen molar-refractivity contribution in [2.45, 2.75) is 76.1 Å². The summed E-state index contributed by atoms with van der Waals surface area (Å²) >= 11 is 2.72. The number of hydrogen-bond donors (Lipinski definition) is 0. The minimum Gasteiger partial charge on any atom is -0.391 e. The van der Waals surface area contributed by atoms with Crippen LogP contribution in [0.5, 0.6) is 0 Å². The number of aryl methyl sites for hydroxylation is 1. The van der Waals surface area contributed by atoms with E-state index in [0.29, 0.717) is 18.9 Å². The second kappa shape index (κ2) is 10.7. The van der Waals surface area contributed by atoms with Crippen molar-refractivity contribution < 1.29 is 34.5 Å². The number of halogens is 4. The molecule has 168 valence electrons. The largest absolute Gasteiger partial charge is 0.416 e. The highest BCUT2D eigenvalue weighted by Crippen LogP contribution is 2.41. The highest BCUT2D eigenvalue weighted by molar-refractivity contribution is 9.08. The van der Waals surface area contributed by atoms with E-state index in [1.807, 2.05) is 0 Å². The molecule has 0 radical (unpaired) electrons. The average molecular weight is 508 g/mol. The molecular formula is C25H29BrF3NO. The summed E-state index contributed by atoms with van der Waals surface area (Å²) in [5.74, 6) is -0.342. The Bertz CT molecular complexity index is 1340. The monoisotopic (exact) mass is 507 g/mol. The van der Waals surface area contributed by atoms with Gasteiger partial charge in [-0.2, -0.15) is 13.2 Å². The normalized spacial score (nSPS) is 23.8. The van der Waals surface area contributed by atoms with E-state index in [9.17, 15) is 13.2 Å². The molecule has 2 aromatic carbocycles. The van der Waals surface area contributed by atoms with Crippen LogP contribution in [0.25, 0.3) is 0 Å². The second-order valence-electron chi connectivity index (χ2n) is 7.25. The summed E-state index contributed by atoms with van der Waals surface area (Å²) in [6, 6.07) is 5.67. The molecule has 1 saturated carbocycles. The maximum Gasteiger partial charge on any atom is 0.416 e. The number of alkyl halides is 4. The molecule has 0 bridgehead atoms. The Kier molecular flexibility index (Phi) is 4.28. The number of nitrogens with zero attached hydrogens (tertiary/aromatic N) is 1. The zero-order valence-corrected chi connectivity index (χ0v) is 18.0. The van der Waals surface area contributed by atoms with Crippen LogP contribution in [0.1, 0.15) is 102 Å². The lowest BCUT2D eigenvalue weighted by Gasteiger charge is -2.25. The van der Waals surface area contributed by atoms with Crippen LogP contribution < -0.4 is 0 Å². The van der Waals surface area contributed by atoms with E-state index in [4.69, 9.17) is 21.3 Å². The standard InChI is InChI=1S/C25H29BrF3NO/c1-3-19-14-21(10-11-22(19)15-26)17(2)30-31-16-18-9-12-23(20-7-5-4-6-8-20)24(13-18)25(27,28)29/h9-14,20H,3-8,15-16H2,1-2H3/b30-17+/i1D3,2D3,3D2,15D2,16D2. The minimum absolute atomic E-state index is 0.0428. The van der Waals surface area contributed by atoms with Crippen LogP contribution in [0.3, 0.4) is 0 Å². The molecule has 2 aromatic rings. The van der Waals surface area contributed by atoms with Gasteiger partial charge in [0.15, 0.2) is 0 Å². The molecule has 2 nitrogen and oxygen atoms in total. The van der Waals surface area contributed by atoms with Crippen LogP contribution in [0.2, 0.25) is 0 Å². The fourth-order valence-electron chi connectivity index (χ4n) is 3.69. The molecule has 0 heterocycles. The molecule has 1 aliphatic carbocycles. The molecule has 0 amide bonds. The van der Waals surface area contributed by atoms with Crippen LogP contribution in [0.15, 0.2) is 41.6 Å². The van der Waals surface area contributed by atoms with Gasteiger partial charge in [0.05, 0.1) is 14.0 Å². The first kappa shape index (κ1) is 12.4. The first-order chi connectivity index (χ1) is 19.4. The van der Waals surface area contributed by atoms with Crippen LogP contribution in [-0.2, 0) is 29.2 Å². The van der Waals surface area contributed by atoms with Gasteiger partial charge in [0.25, 0.3) is 0 Å². The average Bonchev–Trinajstić information content (AvgIpc) is 2.86. The molecule has 0 aromatic heterocycles. The molecule has 0 spiro atoms. The number of rotatable bonds is 7. The third-order valence-electron chi connectivity index (χ3n) is 5.23. The van der Waals surface area contributed by atoms with E-state index in [0.717, 1.165) is 43.5 Å². The number of oxime groups is 1. The van der Waals surface area contributed by atoms with E-state index in [2.05, 4.69) is 21.1 Å². The summed E-state index contributed by atoms with van der Waals surface area (Å²) in [5.41, 5.74) is -4.13. The van der Waals surface area contributed by atoms with Crippen molar-refractivity contribution in [3.8, 4) is 0 Å². The quantitative estimate of drug-likeness (QED) is 0.210. The van der Waals surface area contributed by atoms with Crippen molar-refractivity contribution in [2.24, 2.45) is 5.16 Å². The number of hydrogen-bond acceptors (Lipinski definition) is 2. The molecule has 6 heteroatoms.